The first-order chi connectivity index (χ1) is 10.4. The Kier molecular flexibility index (Phi) is 4.92. The van der Waals surface area contributed by atoms with E-state index in [1.807, 2.05) is 0 Å². The molecule has 0 atom stereocenters. The molecule has 0 radical (unpaired) electrons. The number of hydrogen-bond donors (Lipinski definition) is 0. The van der Waals surface area contributed by atoms with Gasteiger partial charge in [-0.2, -0.15) is 4.31 Å². The largest absolute Gasteiger partial charge is 0.496 e. The van der Waals surface area contributed by atoms with Crippen molar-refractivity contribution in [3.63, 3.8) is 0 Å². The van der Waals surface area contributed by atoms with E-state index >= 15 is 0 Å². The molecule has 1 fully saturated rings. The van der Waals surface area contributed by atoms with Gasteiger partial charge in [-0.25, -0.2) is 8.42 Å². The molecular weight excluding hydrogens is 308 g/mol. The Labute approximate surface area is 130 Å². The number of ether oxygens (including phenoxy) is 2. The molecule has 8 heteroatoms. The van der Waals surface area contributed by atoms with Gasteiger partial charge < -0.3 is 14.4 Å². The molecule has 122 valence electrons. The van der Waals surface area contributed by atoms with Crippen molar-refractivity contribution in [3.8, 4) is 11.5 Å². The van der Waals surface area contributed by atoms with Crippen LogP contribution in [0.1, 0.15) is 10.4 Å². The van der Waals surface area contributed by atoms with Crippen molar-refractivity contribution in [2.24, 2.45) is 0 Å². The molecule has 0 aliphatic carbocycles. The van der Waals surface area contributed by atoms with Crippen LogP contribution >= 0.6 is 0 Å². The zero-order chi connectivity index (χ0) is 16.3. The Hall–Kier alpha value is -1.80. The fraction of sp³-hybridized carbons (Fsp3) is 0.500. The van der Waals surface area contributed by atoms with Crippen LogP contribution in [0, 0.1) is 0 Å². The minimum atomic E-state index is -3.22. The molecule has 0 aromatic heterocycles. The maximum Gasteiger partial charge on any atom is 0.261 e. The first-order valence-electron chi connectivity index (χ1n) is 6.84. The maximum atomic E-state index is 12.7. The zero-order valence-electron chi connectivity index (χ0n) is 12.9. The van der Waals surface area contributed by atoms with Gasteiger partial charge in [-0.05, 0) is 12.1 Å². The van der Waals surface area contributed by atoms with Crippen LogP contribution < -0.4 is 9.47 Å². The Bertz CT molecular complexity index is 629. The Balaban J connectivity index is 2.20. The highest BCUT2D eigenvalue weighted by atomic mass is 32.2. The fourth-order valence-corrected chi connectivity index (χ4v) is 3.27. The van der Waals surface area contributed by atoms with Crippen LogP contribution in [0.4, 0.5) is 0 Å². The summed E-state index contributed by atoms with van der Waals surface area (Å²) in [4.78, 5) is 14.3. The van der Waals surface area contributed by atoms with Gasteiger partial charge in [-0.3, -0.25) is 4.79 Å². The first kappa shape index (κ1) is 16.6. The minimum Gasteiger partial charge on any atom is -0.496 e. The molecule has 1 heterocycles. The number of benzene rings is 1. The van der Waals surface area contributed by atoms with E-state index < -0.39 is 10.0 Å². The molecule has 1 aliphatic heterocycles. The van der Waals surface area contributed by atoms with E-state index in [-0.39, 0.29) is 5.91 Å². The van der Waals surface area contributed by atoms with Gasteiger partial charge in [0.2, 0.25) is 10.0 Å². The summed E-state index contributed by atoms with van der Waals surface area (Å²) in [7, 11) is -0.233. The topological polar surface area (TPSA) is 76.2 Å². The number of amides is 1. The summed E-state index contributed by atoms with van der Waals surface area (Å²) in [5.41, 5.74) is 0.361. The number of carbonyl (C=O) groups excluding carboxylic acids is 1. The standard InChI is InChI=1S/C14H20N2O5S/c1-20-11-5-4-6-12(21-2)13(11)14(17)15-7-9-16(10-8-15)22(3,18)19/h4-6H,7-10H2,1-3H3. The van der Waals surface area contributed by atoms with E-state index in [9.17, 15) is 13.2 Å². The Morgan fingerprint density at radius 2 is 1.55 bits per heavy atom. The summed E-state index contributed by atoms with van der Waals surface area (Å²) in [5.74, 6) is 0.659. The lowest BCUT2D eigenvalue weighted by Crippen LogP contribution is -2.50. The SMILES string of the molecule is COc1cccc(OC)c1C(=O)N1CCN(S(C)(=O)=O)CC1. The summed E-state index contributed by atoms with van der Waals surface area (Å²) in [6.45, 7) is 1.27. The number of carbonyl (C=O) groups is 1. The van der Waals surface area contributed by atoms with E-state index in [0.29, 0.717) is 43.2 Å². The number of rotatable bonds is 4. The van der Waals surface area contributed by atoms with Crippen LogP contribution in [0.2, 0.25) is 0 Å². The Morgan fingerprint density at radius 3 is 1.95 bits per heavy atom. The predicted octanol–water partition coefficient (Wildman–Crippen LogP) is 0.421. The molecule has 1 aromatic rings. The highest BCUT2D eigenvalue weighted by Crippen LogP contribution is 2.29. The van der Waals surface area contributed by atoms with Crippen molar-refractivity contribution < 1.29 is 22.7 Å². The number of piperazine rings is 1. The second-order valence-electron chi connectivity index (χ2n) is 4.99. The monoisotopic (exact) mass is 328 g/mol. The van der Waals surface area contributed by atoms with Crippen LogP contribution in [0.5, 0.6) is 11.5 Å². The molecule has 2 rings (SSSR count). The van der Waals surface area contributed by atoms with E-state index in [4.69, 9.17) is 9.47 Å². The highest BCUT2D eigenvalue weighted by molar-refractivity contribution is 7.88. The Morgan fingerprint density at radius 1 is 1.05 bits per heavy atom. The van der Waals surface area contributed by atoms with E-state index in [2.05, 4.69) is 0 Å². The van der Waals surface area contributed by atoms with Crippen molar-refractivity contribution in [2.75, 3.05) is 46.7 Å². The van der Waals surface area contributed by atoms with Crippen molar-refractivity contribution >= 4 is 15.9 Å². The molecule has 1 amide bonds. The van der Waals surface area contributed by atoms with Crippen LogP contribution in [-0.2, 0) is 10.0 Å². The van der Waals surface area contributed by atoms with E-state index in [0.717, 1.165) is 0 Å². The zero-order valence-corrected chi connectivity index (χ0v) is 13.7. The lowest BCUT2D eigenvalue weighted by Gasteiger charge is -2.33. The van der Waals surface area contributed by atoms with Gasteiger partial charge in [0.1, 0.15) is 17.1 Å². The molecule has 1 saturated heterocycles. The average Bonchev–Trinajstić information content (AvgIpc) is 2.52. The highest BCUT2D eigenvalue weighted by Gasteiger charge is 2.29. The van der Waals surface area contributed by atoms with Crippen molar-refractivity contribution in [1.82, 2.24) is 9.21 Å². The number of hydrogen-bond acceptors (Lipinski definition) is 5. The predicted molar refractivity (Wildman–Crippen MR) is 81.9 cm³/mol. The lowest BCUT2D eigenvalue weighted by atomic mass is 10.1. The van der Waals surface area contributed by atoms with Gasteiger partial charge in [0.25, 0.3) is 5.91 Å². The van der Waals surface area contributed by atoms with Crippen LogP contribution in [0.25, 0.3) is 0 Å². The first-order valence-corrected chi connectivity index (χ1v) is 8.68. The third-order valence-electron chi connectivity index (χ3n) is 3.64. The van der Waals surface area contributed by atoms with Gasteiger partial charge in [0.15, 0.2) is 0 Å². The number of nitrogens with zero attached hydrogens (tertiary/aromatic N) is 2. The summed E-state index contributed by atoms with van der Waals surface area (Å²) < 4.78 is 34.9. The minimum absolute atomic E-state index is 0.220. The normalized spacial score (nSPS) is 16.4. The molecule has 0 spiro atoms. The van der Waals surface area contributed by atoms with Gasteiger partial charge in [0, 0.05) is 26.2 Å². The summed E-state index contributed by atoms with van der Waals surface area (Å²) in [5, 5.41) is 0. The molecule has 1 aliphatic rings. The summed E-state index contributed by atoms with van der Waals surface area (Å²) in [6, 6.07) is 5.14. The molecule has 0 unspecified atom stereocenters. The molecule has 0 bridgehead atoms. The second-order valence-corrected chi connectivity index (χ2v) is 6.97. The quantitative estimate of drug-likeness (QED) is 0.801. The number of sulfonamides is 1. The molecule has 7 nitrogen and oxygen atoms in total. The molecule has 0 saturated carbocycles. The number of methoxy groups -OCH3 is 2. The van der Waals surface area contributed by atoms with Crippen LogP contribution in [-0.4, -0.2) is 70.2 Å². The van der Waals surface area contributed by atoms with Crippen LogP contribution in [0.15, 0.2) is 18.2 Å². The van der Waals surface area contributed by atoms with Gasteiger partial charge in [-0.15, -0.1) is 0 Å². The summed E-state index contributed by atoms with van der Waals surface area (Å²) >= 11 is 0. The van der Waals surface area contributed by atoms with Gasteiger partial charge in [-0.1, -0.05) is 6.07 Å². The van der Waals surface area contributed by atoms with Gasteiger partial charge in [0.05, 0.1) is 20.5 Å². The summed E-state index contributed by atoms with van der Waals surface area (Å²) in [6.07, 6.45) is 1.17. The molecule has 0 N–H and O–H groups in total. The molecular formula is C14H20N2O5S. The average molecular weight is 328 g/mol. The van der Waals surface area contributed by atoms with E-state index in [1.165, 1.54) is 24.8 Å². The third-order valence-corrected chi connectivity index (χ3v) is 4.94. The van der Waals surface area contributed by atoms with Crippen molar-refractivity contribution in [2.45, 2.75) is 0 Å². The van der Waals surface area contributed by atoms with Crippen molar-refractivity contribution in [3.05, 3.63) is 23.8 Å². The van der Waals surface area contributed by atoms with Crippen molar-refractivity contribution in [1.29, 1.82) is 0 Å². The fourth-order valence-electron chi connectivity index (χ4n) is 2.44. The maximum absolute atomic E-state index is 12.7. The smallest absolute Gasteiger partial charge is 0.261 e. The van der Waals surface area contributed by atoms with E-state index in [1.54, 1.807) is 23.1 Å². The molecule has 1 aromatic carbocycles. The molecule has 22 heavy (non-hydrogen) atoms. The lowest BCUT2D eigenvalue weighted by molar-refractivity contribution is 0.0691. The second kappa shape index (κ2) is 6.53. The van der Waals surface area contributed by atoms with Gasteiger partial charge >= 0.3 is 0 Å². The third kappa shape index (κ3) is 3.33. The van der Waals surface area contributed by atoms with Crippen LogP contribution in [0.3, 0.4) is 0 Å².